The summed E-state index contributed by atoms with van der Waals surface area (Å²) in [6, 6.07) is 2.67. The molecule has 0 bridgehead atoms. The molecular weight excluding hydrogens is 236 g/mol. The number of hydrogen-bond donors (Lipinski definition) is 1. The average Bonchev–Trinajstić information content (AvgIpc) is 2.76. The third-order valence-corrected chi connectivity index (χ3v) is 3.54. The lowest BCUT2D eigenvalue weighted by atomic mass is 10.0. The van der Waals surface area contributed by atoms with Gasteiger partial charge in [0.15, 0.2) is 0 Å². The average molecular weight is 266 g/mol. The molecule has 1 aromatic rings. The van der Waals surface area contributed by atoms with Crippen molar-refractivity contribution in [2.45, 2.75) is 59.7 Å². The van der Waals surface area contributed by atoms with E-state index in [4.69, 9.17) is 4.42 Å². The van der Waals surface area contributed by atoms with Crippen LogP contribution in [0.3, 0.4) is 0 Å². The summed E-state index contributed by atoms with van der Waals surface area (Å²) in [5.41, 5.74) is 1.29. The molecule has 1 rings (SSSR count). The maximum atomic E-state index is 5.64. The van der Waals surface area contributed by atoms with Gasteiger partial charge in [-0.05, 0) is 45.3 Å². The van der Waals surface area contributed by atoms with Crippen molar-refractivity contribution in [3.63, 3.8) is 0 Å². The van der Waals surface area contributed by atoms with Crippen LogP contribution in [0, 0.1) is 5.92 Å². The van der Waals surface area contributed by atoms with Crippen molar-refractivity contribution in [2.75, 3.05) is 13.6 Å². The monoisotopic (exact) mass is 266 g/mol. The van der Waals surface area contributed by atoms with Gasteiger partial charge in [-0.2, -0.15) is 0 Å². The molecule has 0 spiro atoms. The molecule has 1 unspecified atom stereocenters. The van der Waals surface area contributed by atoms with E-state index < -0.39 is 0 Å². The van der Waals surface area contributed by atoms with Crippen LogP contribution in [0.1, 0.15) is 51.9 Å². The number of nitrogens with zero attached hydrogens (tertiary/aromatic N) is 1. The molecule has 0 aliphatic carbocycles. The highest BCUT2D eigenvalue weighted by molar-refractivity contribution is 5.16. The number of rotatable bonds is 9. The first-order valence-electron chi connectivity index (χ1n) is 7.50. The van der Waals surface area contributed by atoms with Gasteiger partial charge < -0.3 is 9.73 Å². The Morgan fingerprint density at radius 3 is 2.68 bits per heavy atom. The fourth-order valence-corrected chi connectivity index (χ4v) is 2.31. The molecule has 0 saturated carbocycles. The van der Waals surface area contributed by atoms with Crippen LogP contribution < -0.4 is 5.32 Å². The maximum Gasteiger partial charge on any atom is 0.122 e. The van der Waals surface area contributed by atoms with Gasteiger partial charge in [0.2, 0.25) is 0 Å². The van der Waals surface area contributed by atoms with E-state index in [9.17, 15) is 0 Å². The van der Waals surface area contributed by atoms with Gasteiger partial charge in [0.05, 0.1) is 12.8 Å². The second-order valence-corrected chi connectivity index (χ2v) is 5.94. The highest BCUT2D eigenvalue weighted by Crippen LogP contribution is 2.16. The Kier molecular flexibility index (Phi) is 7.17. The van der Waals surface area contributed by atoms with Crippen LogP contribution in [0.2, 0.25) is 0 Å². The zero-order chi connectivity index (χ0) is 14.3. The van der Waals surface area contributed by atoms with E-state index in [0.29, 0.717) is 6.04 Å². The molecule has 0 saturated heterocycles. The van der Waals surface area contributed by atoms with Gasteiger partial charge in [0, 0.05) is 18.2 Å². The van der Waals surface area contributed by atoms with Gasteiger partial charge >= 0.3 is 0 Å². The first-order chi connectivity index (χ1) is 9.04. The summed E-state index contributed by atoms with van der Waals surface area (Å²) in [5.74, 6) is 1.83. The number of furan rings is 1. The van der Waals surface area contributed by atoms with Gasteiger partial charge in [-0.15, -0.1) is 0 Å². The number of hydrogen-bond acceptors (Lipinski definition) is 3. The van der Waals surface area contributed by atoms with Crippen LogP contribution in [0.15, 0.2) is 16.7 Å². The molecule has 1 heterocycles. The molecule has 1 N–H and O–H groups in total. The number of nitrogens with one attached hydrogen (secondary N) is 1. The summed E-state index contributed by atoms with van der Waals surface area (Å²) in [5, 5.41) is 3.43. The summed E-state index contributed by atoms with van der Waals surface area (Å²) in [4.78, 5) is 2.38. The highest BCUT2D eigenvalue weighted by atomic mass is 16.3. The van der Waals surface area contributed by atoms with Crippen LogP contribution in [-0.2, 0) is 13.1 Å². The Balaban J connectivity index is 2.49. The van der Waals surface area contributed by atoms with Crippen molar-refractivity contribution in [3.05, 3.63) is 23.7 Å². The first kappa shape index (κ1) is 16.3. The molecule has 0 aliphatic rings. The fraction of sp³-hybridized carbons (Fsp3) is 0.750. The van der Waals surface area contributed by atoms with Crippen LogP contribution in [0.5, 0.6) is 0 Å². The van der Waals surface area contributed by atoms with E-state index in [-0.39, 0.29) is 0 Å². The Bertz CT molecular complexity index is 346. The zero-order valence-corrected chi connectivity index (χ0v) is 13.2. The first-order valence-corrected chi connectivity index (χ1v) is 7.50. The summed E-state index contributed by atoms with van der Waals surface area (Å²) in [6.45, 7) is 11.9. The Morgan fingerprint density at radius 1 is 1.32 bits per heavy atom. The van der Waals surface area contributed by atoms with Gasteiger partial charge in [0.25, 0.3) is 0 Å². The predicted molar refractivity (Wildman–Crippen MR) is 81.1 cm³/mol. The summed E-state index contributed by atoms with van der Waals surface area (Å²) < 4.78 is 5.64. The van der Waals surface area contributed by atoms with Crippen LogP contribution in [0.25, 0.3) is 0 Å². The second kappa shape index (κ2) is 8.39. The minimum absolute atomic E-state index is 0.585. The molecular formula is C16H30N2O. The van der Waals surface area contributed by atoms with Crippen molar-refractivity contribution in [2.24, 2.45) is 5.92 Å². The molecule has 0 aliphatic heterocycles. The summed E-state index contributed by atoms with van der Waals surface area (Å²) in [6.07, 6.45) is 4.19. The lowest BCUT2D eigenvalue weighted by molar-refractivity contribution is 0.204. The van der Waals surface area contributed by atoms with Gasteiger partial charge in [-0.1, -0.05) is 20.8 Å². The topological polar surface area (TPSA) is 28.4 Å². The van der Waals surface area contributed by atoms with Crippen LogP contribution in [-0.4, -0.2) is 24.5 Å². The van der Waals surface area contributed by atoms with Crippen LogP contribution >= 0.6 is 0 Å². The lowest BCUT2D eigenvalue weighted by Gasteiger charge is -2.25. The minimum atomic E-state index is 0.585. The third-order valence-electron chi connectivity index (χ3n) is 3.54. The SMILES string of the molecule is CCCNCc1ccoc1CN(C)C(C)CC(C)C. The molecule has 3 nitrogen and oxygen atoms in total. The van der Waals surface area contributed by atoms with Crippen molar-refractivity contribution < 1.29 is 4.42 Å². The molecule has 1 atom stereocenters. The molecule has 110 valence electrons. The van der Waals surface area contributed by atoms with E-state index in [2.05, 4.69) is 51.0 Å². The van der Waals surface area contributed by atoms with Gasteiger partial charge in [-0.25, -0.2) is 0 Å². The standard InChI is InChI=1S/C16H30N2O/c1-6-8-17-11-15-7-9-19-16(15)12-18(5)14(4)10-13(2)3/h7,9,13-14,17H,6,8,10-12H2,1-5H3. The molecule has 0 fully saturated rings. The molecule has 3 heteroatoms. The maximum absolute atomic E-state index is 5.64. The van der Waals surface area contributed by atoms with Gasteiger partial charge in [0.1, 0.15) is 5.76 Å². The van der Waals surface area contributed by atoms with Crippen molar-refractivity contribution in [1.29, 1.82) is 0 Å². The molecule has 0 radical (unpaired) electrons. The van der Waals surface area contributed by atoms with Crippen molar-refractivity contribution in [3.8, 4) is 0 Å². The molecule has 0 amide bonds. The Labute approximate surface area is 118 Å². The second-order valence-electron chi connectivity index (χ2n) is 5.94. The van der Waals surface area contributed by atoms with Crippen molar-refractivity contribution >= 4 is 0 Å². The lowest BCUT2D eigenvalue weighted by Crippen LogP contribution is -2.30. The summed E-state index contributed by atoms with van der Waals surface area (Å²) in [7, 11) is 2.18. The largest absolute Gasteiger partial charge is 0.468 e. The smallest absolute Gasteiger partial charge is 0.122 e. The fourth-order valence-electron chi connectivity index (χ4n) is 2.31. The van der Waals surface area contributed by atoms with E-state index in [1.165, 1.54) is 18.4 Å². The minimum Gasteiger partial charge on any atom is -0.468 e. The van der Waals surface area contributed by atoms with Crippen molar-refractivity contribution in [1.82, 2.24) is 10.2 Å². The zero-order valence-electron chi connectivity index (χ0n) is 13.2. The molecule has 0 aromatic carbocycles. The van der Waals surface area contributed by atoms with E-state index in [1.54, 1.807) is 6.26 Å². The van der Waals surface area contributed by atoms with E-state index in [0.717, 1.165) is 31.3 Å². The normalized spacial score (nSPS) is 13.4. The van der Waals surface area contributed by atoms with E-state index in [1.807, 2.05) is 0 Å². The molecule has 19 heavy (non-hydrogen) atoms. The predicted octanol–water partition coefficient (Wildman–Crippen LogP) is 3.65. The summed E-state index contributed by atoms with van der Waals surface area (Å²) >= 11 is 0. The molecule has 1 aromatic heterocycles. The highest BCUT2D eigenvalue weighted by Gasteiger charge is 2.14. The third kappa shape index (κ3) is 5.79. The quantitative estimate of drug-likeness (QED) is 0.692. The Morgan fingerprint density at radius 2 is 2.05 bits per heavy atom. The van der Waals surface area contributed by atoms with Gasteiger partial charge in [-0.3, -0.25) is 4.90 Å². The van der Waals surface area contributed by atoms with Crippen LogP contribution in [0.4, 0.5) is 0 Å². The van der Waals surface area contributed by atoms with E-state index >= 15 is 0 Å². The Hall–Kier alpha value is -0.800.